The number of imidazole rings is 1. The number of anilines is 1. The number of nitrogens with two attached hydrogens (primary N) is 1. The van der Waals surface area contributed by atoms with E-state index in [-0.39, 0.29) is 6.04 Å². The zero-order valence-electron chi connectivity index (χ0n) is 12.4. The number of hydrogen-bond acceptors (Lipinski definition) is 4. The summed E-state index contributed by atoms with van der Waals surface area (Å²) >= 11 is 0. The lowest BCUT2D eigenvalue weighted by Gasteiger charge is -2.32. The highest BCUT2D eigenvalue weighted by Crippen LogP contribution is 2.35. The molecule has 0 radical (unpaired) electrons. The molecular weight excluding hydrogens is 264 g/mol. The highest BCUT2D eigenvalue weighted by Gasteiger charge is 2.26. The maximum Gasteiger partial charge on any atom is 0.142 e. The third-order valence-electron chi connectivity index (χ3n) is 4.00. The molecule has 2 aromatic rings. The fourth-order valence-electron chi connectivity index (χ4n) is 2.96. The summed E-state index contributed by atoms with van der Waals surface area (Å²) in [5.41, 5.74) is 8.39. The van der Waals surface area contributed by atoms with Gasteiger partial charge in [0.2, 0.25) is 0 Å². The van der Waals surface area contributed by atoms with Gasteiger partial charge in [0.25, 0.3) is 0 Å². The smallest absolute Gasteiger partial charge is 0.142 e. The van der Waals surface area contributed by atoms with Crippen LogP contribution >= 0.6 is 0 Å². The van der Waals surface area contributed by atoms with Gasteiger partial charge in [-0.1, -0.05) is 12.1 Å². The Balaban J connectivity index is 2.01. The van der Waals surface area contributed by atoms with Gasteiger partial charge >= 0.3 is 0 Å². The number of fused-ring (bicyclic) bond motifs is 1. The number of ether oxygens (including phenoxy) is 1. The van der Waals surface area contributed by atoms with Crippen LogP contribution in [0.4, 0.5) is 5.69 Å². The Hall–Kier alpha value is -2.01. The van der Waals surface area contributed by atoms with Crippen molar-refractivity contribution in [2.75, 3.05) is 24.6 Å². The van der Waals surface area contributed by atoms with Gasteiger partial charge < -0.3 is 19.9 Å². The summed E-state index contributed by atoms with van der Waals surface area (Å²) in [5, 5.41) is 0. The van der Waals surface area contributed by atoms with E-state index in [9.17, 15) is 0 Å². The molecule has 1 aromatic carbocycles. The molecular formula is C16H22N4O. The van der Waals surface area contributed by atoms with Crippen molar-refractivity contribution in [2.45, 2.75) is 25.9 Å². The molecule has 0 saturated carbocycles. The van der Waals surface area contributed by atoms with Gasteiger partial charge in [0.05, 0.1) is 36.6 Å². The van der Waals surface area contributed by atoms with Crippen LogP contribution in [-0.2, 0) is 6.54 Å². The van der Waals surface area contributed by atoms with Crippen LogP contribution in [0.15, 0.2) is 36.8 Å². The average Bonchev–Trinajstić information content (AvgIpc) is 2.89. The van der Waals surface area contributed by atoms with E-state index in [1.807, 2.05) is 30.7 Å². The Morgan fingerprint density at radius 3 is 3.05 bits per heavy atom. The van der Waals surface area contributed by atoms with Crippen molar-refractivity contribution >= 4 is 5.69 Å². The third-order valence-corrected chi connectivity index (χ3v) is 4.00. The summed E-state index contributed by atoms with van der Waals surface area (Å²) in [7, 11) is 0. The topological polar surface area (TPSA) is 56.3 Å². The molecule has 112 valence electrons. The predicted octanol–water partition coefficient (Wildman–Crippen LogP) is 2.19. The molecule has 1 atom stereocenters. The van der Waals surface area contributed by atoms with Gasteiger partial charge in [0.1, 0.15) is 5.75 Å². The Labute approximate surface area is 125 Å². The van der Waals surface area contributed by atoms with Gasteiger partial charge in [0.15, 0.2) is 0 Å². The van der Waals surface area contributed by atoms with Crippen molar-refractivity contribution in [3.8, 4) is 5.75 Å². The maximum atomic E-state index is 6.10. The maximum absolute atomic E-state index is 6.10. The lowest BCUT2D eigenvalue weighted by atomic mass is 10.1. The molecule has 0 saturated heterocycles. The Morgan fingerprint density at radius 2 is 2.24 bits per heavy atom. The SMILES string of the molecule is CCn1cncc1C(CN)N1CCCOc2ccccc21. The first-order valence-electron chi connectivity index (χ1n) is 7.53. The summed E-state index contributed by atoms with van der Waals surface area (Å²) in [6.45, 7) is 5.27. The first-order chi connectivity index (χ1) is 10.3. The molecule has 2 heterocycles. The Kier molecular flexibility index (Phi) is 4.10. The van der Waals surface area contributed by atoms with E-state index in [2.05, 4.69) is 27.4 Å². The number of nitrogens with zero attached hydrogens (tertiary/aromatic N) is 3. The summed E-state index contributed by atoms with van der Waals surface area (Å²) in [6.07, 6.45) is 4.79. The van der Waals surface area contributed by atoms with Gasteiger partial charge in [-0.05, 0) is 25.5 Å². The highest BCUT2D eigenvalue weighted by atomic mass is 16.5. The molecule has 0 amide bonds. The minimum Gasteiger partial charge on any atom is -0.491 e. The number of para-hydroxylation sites is 2. The zero-order chi connectivity index (χ0) is 14.7. The van der Waals surface area contributed by atoms with Crippen LogP contribution in [0.25, 0.3) is 0 Å². The highest BCUT2D eigenvalue weighted by molar-refractivity contribution is 5.60. The summed E-state index contributed by atoms with van der Waals surface area (Å²) in [4.78, 5) is 6.64. The lowest BCUT2D eigenvalue weighted by Crippen LogP contribution is -2.35. The van der Waals surface area contributed by atoms with E-state index in [0.717, 1.165) is 43.2 Å². The van der Waals surface area contributed by atoms with Crippen LogP contribution < -0.4 is 15.4 Å². The molecule has 5 nitrogen and oxygen atoms in total. The first-order valence-corrected chi connectivity index (χ1v) is 7.53. The van der Waals surface area contributed by atoms with E-state index in [0.29, 0.717) is 6.54 Å². The van der Waals surface area contributed by atoms with E-state index < -0.39 is 0 Å². The standard InChI is InChI=1S/C16H22N4O/c1-2-19-12-18-11-15(19)14(10-17)20-8-5-9-21-16-7-4-3-6-13(16)20/h3-4,6-7,11-12,14H,2,5,8-10,17H2,1H3. The number of aryl methyl sites for hydroxylation is 1. The monoisotopic (exact) mass is 286 g/mol. The average molecular weight is 286 g/mol. The normalized spacial score (nSPS) is 16.0. The van der Waals surface area contributed by atoms with Crippen molar-refractivity contribution in [3.05, 3.63) is 42.5 Å². The molecule has 5 heteroatoms. The Bertz CT molecular complexity index is 595. The van der Waals surface area contributed by atoms with Crippen molar-refractivity contribution in [1.82, 2.24) is 9.55 Å². The van der Waals surface area contributed by atoms with Gasteiger partial charge in [0, 0.05) is 19.6 Å². The van der Waals surface area contributed by atoms with Crippen LogP contribution in [0.2, 0.25) is 0 Å². The van der Waals surface area contributed by atoms with Crippen LogP contribution in [0.5, 0.6) is 5.75 Å². The molecule has 0 fully saturated rings. The van der Waals surface area contributed by atoms with Crippen molar-refractivity contribution in [2.24, 2.45) is 5.73 Å². The molecule has 1 unspecified atom stereocenters. The van der Waals surface area contributed by atoms with Crippen molar-refractivity contribution < 1.29 is 4.74 Å². The largest absolute Gasteiger partial charge is 0.491 e. The second kappa shape index (κ2) is 6.18. The van der Waals surface area contributed by atoms with Crippen molar-refractivity contribution in [3.63, 3.8) is 0 Å². The Morgan fingerprint density at radius 1 is 1.38 bits per heavy atom. The minimum absolute atomic E-state index is 0.121. The third kappa shape index (κ3) is 2.61. The van der Waals surface area contributed by atoms with Crippen LogP contribution in [0.1, 0.15) is 25.1 Å². The molecule has 3 rings (SSSR count). The van der Waals surface area contributed by atoms with E-state index in [4.69, 9.17) is 10.5 Å². The van der Waals surface area contributed by atoms with Gasteiger partial charge in [-0.25, -0.2) is 4.98 Å². The number of benzene rings is 1. The second-order valence-corrected chi connectivity index (χ2v) is 5.22. The fourth-order valence-corrected chi connectivity index (χ4v) is 2.96. The predicted molar refractivity (Wildman–Crippen MR) is 83.6 cm³/mol. The van der Waals surface area contributed by atoms with Gasteiger partial charge in [-0.2, -0.15) is 0 Å². The van der Waals surface area contributed by atoms with E-state index in [1.165, 1.54) is 0 Å². The summed E-state index contributed by atoms with van der Waals surface area (Å²) < 4.78 is 8.00. The van der Waals surface area contributed by atoms with Crippen molar-refractivity contribution in [1.29, 1.82) is 0 Å². The van der Waals surface area contributed by atoms with E-state index in [1.54, 1.807) is 0 Å². The second-order valence-electron chi connectivity index (χ2n) is 5.22. The van der Waals surface area contributed by atoms with Crippen LogP contribution in [0.3, 0.4) is 0 Å². The molecule has 21 heavy (non-hydrogen) atoms. The number of rotatable bonds is 4. The number of hydrogen-bond donors (Lipinski definition) is 1. The summed E-state index contributed by atoms with van der Waals surface area (Å²) in [5.74, 6) is 0.941. The minimum atomic E-state index is 0.121. The van der Waals surface area contributed by atoms with Gasteiger partial charge in [-0.15, -0.1) is 0 Å². The number of aromatic nitrogens is 2. The summed E-state index contributed by atoms with van der Waals surface area (Å²) in [6, 6.07) is 8.31. The molecule has 2 N–H and O–H groups in total. The molecule has 0 aliphatic carbocycles. The molecule has 0 bridgehead atoms. The molecule has 1 aliphatic rings. The zero-order valence-corrected chi connectivity index (χ0v) is 12.4. The van der Waals surface area contributed by atoms with Gasteiger partial charge in [-0.3, -0.25) is 0 Å². The quantitative estimate of drug-likeness (QED) is 0.936. The molecule has 1 aliphatic heterocycles. The first kappa shape index (κ1) is 13.9. The van der Waals surface area contributed by atoms with E-state index >= 15 is 0 Å². The van der Waals surface area contributed by atoms with Crippen LogP contribution in [0, 0.1) is 0 Å². The lowest BCUT2D eigenvalue weighted by molar-refractivity contribution is 0.322. The van der Waals surface area contributed by atoms with Crippen LogP contribution in [-0.4, -0.2) is 29.2 Å². The molecule has 0 spiro atoms. The molecule has 1 aromatic heterocycles. The fraction of sp³-hybridized carbons (Fsp3) is 0.438.